The summed E-state index contributed by atoms with van der Waals surface area (Å²) in [7, 11) is 0. The lowest BCUT2D eigenvalue weighted by Crippen LogP contribution is -2.19. The van der Waals surface area contributed by atoms with Crippen LogP contribution in [0.25, 0.3) is 22.6 Å². The maximum absolute atomic E-state index is 13.4. The van der Waals surface area contributed by atoms with Crippen LogP contribution >= 0.6 is 0 Å². The second-order valence-electron chi connectivity index (χ2n) is 8.65. The van der Waals surface area contributed by atoms with Gasteiger partial charge in [0.05, 0.1) is 17.1 Å². The van der Waals surface area contributed by atoms with Crippen molar-refractivity contribution in [3.05, 3.63) is 72.2 Å². The van der Waals surface area contributed by atoms with E-state index < -0.39 is 17.7 Å². The second-order valence-corrected chi connectivity index (χ2v) is 8.65. The van der Waals surface area contributed by atoms with Crippen LogP contribution in [-0.2, 0) is 5.41 Å². The molecule has 2 aromatic heterocycles. The smallest absolute Gasteiger partial charge is 0.323 e. The number of nitrogens with one attached hydrogen (secondary N) is 3. The number of aromatic nitrogens is 4. The van der Waals surface area contributed by atoms with Crippen LogP contribution in [0.2, 0.25) is 0 Å². The first-order valence-electron chi connectivity index (χ1n) is 10.4. The SMILES string of the molecule is CC(C)(C)c1nc(-c2cccc(NC(=O)Nc3ccc(F)c(F)c3)c2)c(-c2ccnc(N)n2)[nH]1. The van der Waals surface area contributed by atoms with Gasteiger partial charge in [0, 0.05) is 34.6 Å². The van der Waals surface area contributed by atoms with Gasteiger partial charge in [0.25, 0.3) is 0 Å². The first kappa shape index (κ1) is 22.8. The summed E-state index contributed by atoms with van der Waals surface area (Å²) in [5.41, 5.74) is 8.74. The molecule has 0 saturated heterocycles. The van der Waals surface area contributed by atoms with Gasteiger partial charge in [-0.3, -0.25) is 0 Å². The van der Waals surface area contributed by atoms with Crippen molar-refractivity contribution in [2.75, 3.05) is 16.4 Å². The highest BCUT2D eigenvalue weighted by atomic mass is 19.2. The molecule has 0 aliphatic rings. The number of hydrogen-bond donors (Lipinski definition) is 4. The number of H-pyrrole nitrogens is 1. The van der Waals surface area contributed by atoms with Crippen molar-refractivity contribution in [1.29, 1.82) is 0 Å². The Morgan fingerprint density at radius 3 is 2.38 bits per heavy atom. The van der Waals surface area contributed by atoms with E-state index in [9.17, 15) is 13.6 Å². The van der Waals surface area contributed by atoms with Crippen molar-refractivity contribution in [2.45, 2.75) is 26.2 Å². The van der Waals surface area contributed by atoms with Gasteiger partial charge in [0.2, 0.25) is 5.95 Å². The van der Waals surface area contributed by atoms with Crippen LogP contribution < -0.4 is 16.4 Å². The normalized spacial score (nSPS) is 11.3. The van der Waals surface area contributed by atoms with E-state index in [0.717, 1.165) is 23.5 Å². The van der Waals surface area contributed by atoms with E-state index in [0.29, 0.717) is 22.8 Å². The highest BCUT2D eigenvalue weighted by molar-refractivity contribution is 6.00. The molecule has 0 fully saturated rings. The van der Waals surface area contributed by atoms with Crippen LogP contribution in [0.4, 0.5) is 30.9 Å². The molecule has 2 aromatic carbocycles. The average molecular weight is 463 g/mol. The summed E-state index contributed by atoms with van der Waals surface area (Å²) in [6, 6.07) is 11.3. The number of rotatable bonds is 4. The van der Waals surface area contributed by atoms with E-state index in [2.05, 4.69) is 25.6 Å². The summed E-state index contributed by atoms with van der Waals surface area (Å²) in [6.07, 6.45) is 1.57. The number of carbonyl (C=O) groups is 1. The molecule has 0 spiro atoms. The van der Waals surface area contributed by atoms with Crippen LogP contribution in [0.1, 0.15) is 26.6 Å². The number of nitrogen functional groups attached to an aromatic ring is 1. The predicted molar refractivity (Wildman–Crippen MR) is 127 cm³/mol. The van der Waals surface area contributed by atoms with Gasteiger partial charge >= 0.3 is 6.03 Å². The van der Waals surface area contributed by atoms with Crippen LogP contribution in [0.15, 0.2) is 54.7 Å². The van der Waals surface area contributed by atoms with E-state index in [1.165, 1.54) is 6.07 Å². The number of imidazole rings is 1. The number of nitrogens with zero attached hydrogens (tertiary/aromatic N) is 3. The molecule has 4 rings (SSSR count). The number of nitrogens with two attached hydrogens (primary N) is 1. The topological polar surface area (TPSA) is 122 Å². The fourth-order valence-corrected chi connectivity index (χ4v) is 3.25. The largest absolute Gasteiger partial charge is 0.368 e. The third-order valence-corrected chi connectivity index (χ3v) is 4.92. The molecule has 0 radical (unpaired) electrons. The fourth-order valence-electron chi connectivity index (χ4n) is 3.25. The number of urea groups is 1. The molecule has 5 N–H and O–H groups in total. The molecule has 4 aromatic rings. The molecule has 174 valence electrons. The van der Waals surface area contributed by atoms with E-state index in [1.807, 2.05) is 26.8 Å². The lowest BCUT2D eigenvalue weighted by molar-refractivity contribution is 0.262. The first-order valence-corrected chi connectivity index (χ1v) is 10.4. The molecule has 0 saturated carbocycles. The average Bonchev–Trinajstić information content (AvgIpc) is 3.23. The summed E-state index contributed by atoms with van der Waals surface area (Å²) in [5, 5.41) is 5.17. The van der Waals surface area contributed by atoms with Crippen molar-refractivity contribution in [2.24, 2.45) is 0 Å². The minimum absolute atomic E-state index is 0.123. The van der Waals surface area contributed by atoms with Gasteiger partial charge in [-0.25, -0.2) is 28.5 Å². The van der Waals surface area contributed by atoms with E-state index >= 15 is 0 Å². The summed E-state index contributed by atoms with van der Waals surface area (Å²) in [6.45, 7) is 6.11. The number of benzene rings is 2. The molecule has 0 aliphatic heterocycles. The van der Waals surface area contributed by atoms with Crippen LogP contribution in [-0.4, -0.2) is 26.0 Å². The predicted octanol–water partition coefficient (Wildman–Crippen LogP) is 5.34. The molecule has 8 nitrogen and oxygen atoms in total. The third-order valence-electron chi connectivity index (χ3n) is 4.92. The Morgan fingerprint density at radius 1 is 0.971 bits per heavy atom. The Labute approximate surface area is 194 Å². The Kier molecular flexibility index (Phi) is 5.97. The van der Waals surface area contributed by atoms with Crippen molar-refractivity contribution < 1.29 is 13.6 Å². The molecule has 2 amide bonds. The zero-order valence-electron chi connectivity index (χ0n) is 18.8. The van der Waals surface area contributed by atoms with Crippen molar-refractivity contribution in [3.63, 3.8) is 0 Å². The highest BCUT2D eigenvalue weighted by Crippen LogP contribution is 2.33. The second kappa shape index (κ2) is 8.89. The molecular weight excluding hydrogens is 440 g/mol. The Hall–Kier alpha value is -4.34. The number of hydrogen-bond acceptors (Lipinski definition) is 5. The summed E-state index contributed by atoms with van der Waals surface area (Å²) < 4.78 is 26.5. The zero-order valence-corrected chi connectivity index (χ0v) is 18.8. The molecule has 0 atom stereocenters. The van der Waals surface area contributed by atoms with Gasteiger partial charge in [-0.05, 0) is 30.3 Å². The van der Waals surface area contributed by atoms with Gasteiger partial charge in [0.1, 0.15) is 5.82 Å². The molecule has 34 heavy (non-hydrogen) atoms. The van der Waals surface area contributed by atoms with Crippen LogP contribution in [0.5, 0.6) is 0 Å². The third kappa shape index (κ3) is 5.01. The van der Waals surface area contributed by atoms with Crippen molar-refractivity contribution in [3.8, 4) is 22.6 Å². The number of amides is 2. The van der Waals surface area contributed by atoms with Gasteiger partial charge in [-0.1, -0.05) is 32.9 Å². The minimum atomic E-state index is -1.05. The Morgan fingerprint density at radius 2 is 1.71 bits per heavy atom. The van der Waals surface area contributed by atoms with Crippen LogP contribution in [0, 0.1) is 11.6 Å². The number of carbonyl (C=O) groups excluding carboxylic acids is 1. The summed E-state index contributed by atoms with van der Waals surface area (Å²) in [5.74, 6) is -1.15. The number of aromatic amines is 1. The maximum Gasteiger partial charge on any atom is 0.323 e. The molecule has 0 bridgehead atoms. The lowest BCUT2D eigenvalue weighted by Gasteiger charge is -2.14. The molecule has 2 heterocycles. The molecular formula is C24H23F2N7O. The van der Waals surface area contributed by atoms with Crippen molar-refractivity contribution >= 4 is 23.4 Å². The van der Waals surface area contributed by atoms with Crippen LogP contribution in [0.3, 0.4) is 0 Å². The molecule has 10 heteroatoms. The van der Waals surface area contributed by atoms with E-state index in [-0.39, 0.29) is 17.1 Å². The van der Waals surface area contributed by atoms with Gasteiger partial charge < -0.3 is 21.4 Å². The zero-order chi connectivity index (χ0) is 24.5. The lowest BCUT2D eigenvalue weighted by atomic mass is 9.96. The maximum atomic E-state index is 13.4. The van der Waals surface area contributed by atoms with Gasteiger partial charge in [-0.2, -0.15) is 0 Å². The van der Waals surface area contributed by atoms with E-state index in [1.54, 1.807) is 30.5 Å². The fraction of sp³-hybridized carbons (Fsp3) is 0.167. The first-order chi connectivity index (χ1) is 16.1. The Bertz CT molecular complexity index is 1360. The minimum Gasteiger partial charge on any atom is -0.368 e. The number of anilines is 3. The summed E-state index contributed by atoms with van der Waals surface area (Å²) in [4.78, 5) is 28.8. The molecule has 0 aliphatic carbocycles. The standard InChI is InChI=1S/C24H23F2N7O/c1-24(2,3)21-32-19(20(33-21)18-9-10-28-22(27)31-18)13-5-4-6-14(11-13)29-23(34)30-15-7-8-16(25)17(26)12-15/h4-12H,1-3H3,(H,32,33)(H2,27,28,31)(H2,29,30,34). The monoisotopic (exact) mass is 463 g/mol. The van der Waals surface area contributed by atoms with Gasteiger partial charge in [-0.15, -0.1) is 0 Å². The quantitative estimate of drug-likeness (QED) is 0.326. The molecule has 0 unspecified atom stereocenters. The van der Waals surface area contributed by atoms with E-state index in [4.69, 9.17) is 10.7 Å². The number of halogens is 2. The Balaban J connectivity index is 1.65. The van der Waals surface area contributed by atoms with Crippen molar-refractivity contribution in [1.82, 2.24) is 19.9 Å². The van der Waals surface area contributed by atoms with Gasteiger partial charge in [0.15, 0.2) is 11.6 Å². The summed E-state index contributed by atoms with van der Waals surface area (Å²) >= 11 is 0. The highest BCUT2D eigenvalue weighted by Gasteiger charge is 2.23.